The van der Waals surface area contributed by atoms with Gasteiger partial charge in [-0.3, -0.25) is 0 Å². The number of benzene rings is 1. The van der Waals surface area contributed by atoms with Crippen molar-refractivity contribution in [3.63, 3.8) is 0 Å². The van der Waals surface area contributed by atoms with Gasteiger partial charge in [-0.05, 0) is 31.0 Å². The zero-order chi connectivity index (χ0) is 15.5. The highest BCUT2D eigenvalue weighted by Gasteiger charge is 2.11. The zero-order valence-electron chi connectivity index (χ0n) is 12.2. The van der Waals surface area contributed by atoms with Gasteiger partial charge >= 0.3 is 0 Å². The molecule has 0 unspecified atom stereocenters. The first-order chi connectivity index (χ1) is 9.90. The molecule has 2 rings (SSSR count). The van der Waals surface area contributed by atoms with Gasteiger partial charge < -0.3 is 9.29 Å². The molecule has 0 fully saturated rings. The summed E-state index contributed by atoms with van der Waals surface area (Å²) in [6.07, 6.45) is 3.01. The van der Waals surface area contributed by atoms with Crippen LogP contribution in [-0.4, -0.2) is 25.8 Å². The molecular weight excluding hydrogens is 290 g/mol. The highest BCUT2D eigenvalue weighted by molar-refractivity contribution is 7.85. The highest BCUT2D eigenvalue weighted by Crippen LogP contribution is 2.21. The fourth-order valence-electron chi connectivity index (χ4n) is 2.34. The Hall–Kier alpha value is -1.66. The van der Waals surface area contributed by atoms with Gasteiger partial charge in [0.15, 0.2) is 6.20 Å². The fraction of sp³-hybridized carbons (Fsp3) is 0.400. The Morgan fingerprint density at radius 1 is 1.24 bits per heavy atom. The topological polar surface area (TPSA) is 70.3 Å². The number of ether oxygens (including phenoxy) is 1. The molecule has 0 saturated heterocycles. The lowest BCUT2D eigenvalue weighted by Gasteiger charge is -2.07. The second kappa shape index (κ2) is 6.41. The van der Waals surface area contributed by atoms with Gasteiger partial charge in [-0.15, -0.1) is 0 Å². The van der Waals surface area contributed by atoms with Crippen LogP contribution in [0.3, 0.4) is 0 Å². The van der Waals surface area contributed by atoms with Crippen molar-refractivity contribution in [1.82, 2.24) is 0 Å². The van der Waals surface area contributed by atoms with Crippen LogP contribution in [0.2, 0.25) is 0 Å². The summed E-state index contributed by atoms with van der Waals surface area (Å²) in [5.41, 5.74) is 2.23. The molecule has 0 aliphatic heterocycles. The van der Waals surface area contributed by atoms with Crippen molar-refractivity contribution < 1.29 is 22.3 Å². The lowest BCUT2D eigenvalue weighted by Crippen LogP contribution is -2.34. The summed E-state index contributed by atoms with van der Waals surface area (Å²) >= 11 is 0. The second-order valence-corrected chi connectivity index (χ2v) is 6.57. The average Bonchev–Trinajstić information content (AvgIpc) is 2.44. The number of rotatable bonds is 6. The molecule has 1 aromatic heterocycles. The van der Waals surface area contributed by atoms with Crippen molar-refractivity contribution in [2.75, 3.05) is 12.9 Å². The third-order valence-corrected chi connectivity index (χ3v) is 4.27. The number of nitrogens with zero attached hydrogens (tertiary/aromatic N) is 1. The normalized spacial score (nSPS) is 11.8. The van der Waals surface area contributed by atoms with Gasteiger partial charge in [0.25, 0.3) is 0 Å². The third kappa shape index (κ3) is 4.15. The molecule has 0 bridgehead atoms. The maximum atomic E-state index is 10.6. The average molecular weight is 309 g/mol. The number of methoxy groups -OCH3 is 1. The first-order valence-electron chi connectivity index (χ1n) is 6.81. The molecule has 0 saturated carbocycles. The largest absolute Gasteiger partial charge is 0.748 e. The summed E-state index contributed by atoms with van der Waals surface area (Å²) < 4.78 is 39.1. The van der Waals surface area contributed by atoms with E-state index in [1.807, 2.05) is 37.4 Å². The second-order valence-electron chi connectivity index (χ2n) is 5.04. The van der Waals surface area contributed by atoms with Crippen LogP contribution in [0.5, 0.6) is 5.75 Å². The number of aryl methyl sites for hydroxylation is 2. The van der Waals surface area contributed by atoms with Crippen LogP contribution in [0.1, 0.15) is 18.4 Å². The van der Waals surface area contributed by atoms with Gasteiger partial charge in [-0.1, -0.05) is 0 Å². The van der Waals surface area contributed by atoms with Crippen molar-refractivity contribution >= 4 is 21.0 Å². The van der Waals surface area contributed by atoms with Gasteiger partial charge in [-0.25, -0.2) is 8.42 Å². The molecule has 0 N–H and O–H groups in total. The molecule has 0 aliphatic carbocycles. The van der Waals surface area contributed by atoms with E-state index < -0.39 is 10.1 Å². The highest BCUT2D eigenvalue weighted by atomic mass is 32.2. The van der Waals surface area contributed by atoms with Gasteiger partial charge in [0, 0.05) is 24.3 Å². The summed E-state index contributed by atoms with van der Waals surface area (Å²) in [5.74, 6) is 0.506. The molecule has 1 heterocycles. The number of hydrogen-bond donors (Lipinski definition) is 0. The molecule has 0 amide bonds. The van der Waals surface area contributed by atoms with Crippen LogP contribution in [0, 0.1) is 6.92 Å². The number of unbranched alkanes of at least 4 members (excludes halogenated alkanes) is 1. The molecule has 21 heavy (non-hydrogen) atoms. The molecule has 5 nitrogen and oxygen atoms in total. The molecule has 0 spiro atoms. The summed E-state index contributed by atoms with van der Waals surface area (Å²) in [6, 6.07) is 7.90. The van der Waals surface area contributed by atoms with Crippen LogP contribution in [0.4, 0.5) is 0 Å². The van der Waals surface area contributed by atoms with Crippen molar-refractivity contribution in [1.29, 1.82) is 0 Å². The molecular formula is C15H19NO4S. The first-order valence-corrected chi connectivity index (χ1v) is 8.39. The molecule has 1 aromatic carbocycles. The lowest BCUT2D eigenvalue weighted by atomic mass is 10.1. The van der Waals surface area contributed by atoms with E-state index in [1.165, 1.54) is 0 Å². The van der Waals surface area contributed by atoms with Gasteiger partial charge in [0.05, 0.1) is 22.6 Å². The van der Waals surface area contributed by atoms with E-state index in [0.29, 0.717) is 19.4 Å². The standard InChI is InChI=1S/C15H19NO4S/c1-12-7-9-16(8-3-4-10-21(17,18)19)15-6-5-13(20-2)11-14(12)15/h5-7,9,11H,3-4,8,10H2,1-2H3. The molecule has 6 heteroatoms. The summed E-state index contributed by atoms with van der Waals surface area (Å²) in [5, 5.41) is 1.10. The van der Waals surface area contributed by atoms with E-state index in [4.69, 9.17) is 4.74 Å². The van der Waals surface area contributed by atoms with Crippen molar-refractivity contribution in [3.8, 4) is 5.75 Å². The summed E-state index contributed by atoms with van der Waals surface area (Å²) in [4.78, 5) is 0. The summed E-state index contributed by atoms with van der Waals surface area (Å²) in [6.45, 7) is 2.72. The van der Waals surface area contributed by atoms with Gasteiger partial charge in [0.2, 0.25) is 5.52 Å². The first kappa shape index (κ1) is 15.7. The minimum atomic E-state index is -4.11. The third-order valence-electron chi connectivity index (χ3n) is 3.49. The Morgan fingerprint density at radius 2 is 2.00 bits per heavy atom. The molecule has 2 aromatic rings. The van der Waals surface area contributed by atoms with E-state index in [2.05, 4.69) is 4.57 Å². The Balaban J connectivity index is 2.19. The molecule has 0 radical (unpaired) electrons. The molecule has 0 atom stereocenters. The smallest absolute Gasteiger partial charge is 0.213 e. The van der Waals surface area contributed by atoms with Crippen LogP contribution in [-0.2, 0) is 16.7 Å². The van der Waals surface area contributed by atoms with E-state index in [9.17, 15) is 13.0 Å². The van der Waals surface area contributed by atoms with E-state index in [1.54, 1.807) is 7.11 Å². The Kier molecular flexibility index (Phi) is 4.80. The SMILES string of the molecule is COc1ccc2c(c1)c(C)cc[n+]2CCCCS(=O)(=O)[O-]. The minimum absolute atomic E-state index is 0.300. The van der Waals surface area contributed by atoms with E-state index >= 15 is 0 Å². The monoisotopic (exact) mass is 309 g/mol. The predicted octanol–water partition coefficient (Wildman–Crippen LogP) is 1.77. The zero-order valence-corrected chi connectivity index (χ0v) is 13.0. The van der Waals surface area contributed by atoms with Crippen LogP contribution in [0.25, 0.3) is 10.9 Å². The predicted molar refractivity (Wildman–Crippen MR) is 79.2 cm³/mol. The van der Waals surface area contributed by atoms with Gasteiger partial charge in [-0.2, -0.15) is 4.57 Å². The van der Waals surface area contributed by atoms with Crippen molar-refractivity contribution in [2.24, 2.45) is 0 Å². The maximum absolute atomic E-state index is 10.6. The molecule has 114 valence electrons. The number of pyridine rings is 1. The van der Waals surface area contributed by atoms with Crippen LogP contribution >= 0.6 is 0 Å². The van der Waals surface area contributed by atoms with Crippen molar-refractivity contribution in [3.05, 3.63) is 36.0 Å². The van der Waals surface area contributed by atoms with E-state index in [-0.39, 0.29) is 5.75 Å². The Bertz CT molecular complexity index is 741. The number of fused-ring (bicyclic) bond motifs is 1. The lowest BCUT2D eigenvalue weighted by molar-refractivity contribution is -0.671. The minimum Gasteiger partial charge on any atom is -0.748 e. The van der Waals surface area contributed by atoms with E-state index in [0.717, 1.165) is 22.2 Å². The Morgan fingerprint density at radius 3 is 2.67 bits per heavy atom. The van der Waals surface area contributed by atoms with Crippen LogP contribution in [0.15, 0.2) is 30.5 Å². The number of hydrogen-bond acceptors (Lipinski definition) is 4. The van der Waals surface area contributed by atoms with Crippen LogP contribution < -0.4 is 9.30 Å². The maximum Gasteiger partial charge on any atom is 0.213 e. The quantitative estimate of drug-likeness (QED) is 0.463. The van der Waals surface area contributed by atoms with Crippen molar-refractivity contribution in [2.45, 2.75) is 26.3 Å². The molecule has 0 aliphatic rings. The summed E-state index contributed by atoms with van der Waals surface area (Å²) in [7, 11) is -2.48. The fourth-order valence-corrected chi connectivity index (χ4v) is 2.89. The number of aromatic nitrogens is 1. The van der Waals surface area contributed by atoms with Gasteiger partial charge in [0.1, 0.15) is 12.3 Å². The Labute approximate surface area is 124 Å².